The summed E-state index contributed by atoms with van der Waals surface area (Å²) in [6.45, 7) is 6.00. The van der Waals surface area contributed by atoms with Gasteiger partial charge in [0.25, 0.3) is 5.91 Å². The molecule has 1 amide bonds. The highest BCUT2D eigenvalue weighted by atomic mass is 79.9. The van der Waals surface area contributed by atoms with Gasteiger partial charge in [-0.05, 0) is 46.6 Å². The van der Waals surface area contributed by atoms with Crippen LogP contribution in [0, 0.1) is 6.92 Å². The molecule has 1 aromatic carbocycles. The molecule has 18 heavy (non-hydrogen) atoms. The maximum absolute atomic E-state index is 11.7. The number of aryl methyl sites for hydroxylation is 1. The van der Waals surface area contributed by atoms with Gasteiger partial charge in [0.2, 0.25) is 0 Å². The van der Waals surface area contributed by atoms with Crippen LogP contribution < -0.4 is 0 Å². The van der Waals surface area contributed by atoms with Crippen LogP contribution in [-0.2, 0) is 0 Å². The molecule has 0 bridgehead atoms. The van der Waals surface area contributed by atoms with Crippen molar-refractivity contribution < 1.29 is 9.21 Å². The van der Waals surface area contributed by atoms with E-state index in [1.807, 2.05) is 32.9 Å². The molecule has 0 fully saturated rings. The average Bonchev–Trinajstić information content (AvgIpc) is 2.74. The van der Waals surface area contributed by atoms with Crippen molar-refractivity contribution in [3.63, 3.8) is 0 Å². The summed E-state index contributed by atoms with van der Waals surface area (Å²) in [5.74, 6) is 0.243. The van der Waals surface area contributed by atoms with Crippen LogP contribution in [0.2, 0.25) is 0 Å². The third kappa shape index (κ3) is 2.93. The summed E-state index contributed by atoms with van der Waals surface area (Å²) in [4.78, 5) is 13.2. The molecule has 1 heterocycles. The fourth-order valence-corrected chi connectivity index (χ4v) is 2.25. The highest BCUT2D eigenvalue weighted by molar-refractivity contribution is 9.10. The van der Waals surface area contributed by atoms with Gasteiger partial charge in [-0.3, -0.25) is 4.79 Å². The van der Waals surface area contributed by atoms with Crippen molar-refractivity contribution in [2.75, 3.05) is 14.1 Å². The van der Waals surface area contributed by atoms with Gasteiger partial charge < -0.3 is 9.32 Å². The Kier molecular flexibility index (Phi) is 4.96. The molecule has 0 radical (unpaired) electrons. The van der Waals surface area contributed by atoms with Gasteiger partial charge in [-0.25, -0.2) is 0 Å². The van der Waals surface area contributed by atoms with Crippen LogP contribution in [0.3, 0.4) is 0 Å². The predicted molar refractivity (Wildman–Crippen MR) is 78.0 cm³/mol. The predicted octanol–water partition coefficient (Wildman–Crippen LogP) is 4.23. The molecular weight excluding hydrogens is 294 g/mol. The summed E-state index contributed by atoms with van der Waals surface area (Å²) in [6, 6.07) is 5.74. The first-order valence-corrected chi connectivity index (χ1v) is 6.69. The normalized spacial score (nSPS) is 9.89. The Bertz CT molecular complexity index is 558. The van der Waals surface area contributed by atoms with E-state index >= 15 is 0 Å². The molecule has 0 aliphatic heterocycles. The maximum Gasteiger partial charge on any atom is 0.289 e. The van der Waals surface area contributed by atoms with E-state index in [2.05, 4.69) is 15.9 Å². The summed E-state index contributed by atoms with van der Waals surface area (Å²) in [6.07, 6.45) is 0. The maximum atomic E-state index is 11.7. The van der Waals surface area contributed by atoms with Gasteiger partial charge in [0.1, 0.15) is 5.58 Å². The van der Waals surface area contributed by atoms with E-state index in [4.69, 9.17) is 4.42 Å². The van der Waals surface area contributed by atoms with Gasteiger partial charge >= 0.3 is 0 Å². The van der Waals surface area contributed by atoms with Gasteiger partial charge in [-0.1, -0.05) is 13.8 Å². The topological polar surface area (TPSA) is 33.5 Å². The molecule has 0 aliphatic carbocycles. The van der Waals surface area contributed by atoms with Crippen molar-refractivity contribution in [2.45, 2.75) is 20.8 Å². The van der Waals surface area contributed by atoms with Crippen molar-refractivity contribution in [3.05, 3.63) is 34.0 Å². The average molecular weight is 312 g/mol. The van der Waals surface area contributed by atoms with Crippen LogP contribution >= 0.6 is 15.9 Å². The number of hydrogen-bond acceptors (Lipinski definition) is 2. The molecule has 0 aliphatic rings. The smallest absolute Gasteiger partial charge is 0.289 e. The Morgan fingerprint density at radius 3 is 2.39 bits per heavy atom. The summed E-state index contributed by atoms with van der Waals surface area (Å²) in [5.41, 5.74) is 1.85. The lowest BCUT2D eigenvalue weighted by Crippen LogP contribution is -2.20. The molecule has 4 heteroatoms. The van der Waals surface area contributed by atoms with Crippen LogP contribution in [0.15, 0.2) is 27.1 Å². The van der Waals surface area contributed by atoms with E-state index in [1.54, 1.807) is 20.2 Å². The van der Waals surface area contributed by atoms with Gasteiger partial charge in [0.15, 0.2) is 5.76 Å². The van der Waals surface area contributed by atoms with Crippen molar-refractivity contribution in [1.82, 2.24) is 4.90 Å². The summed E-state index contributed by atoms with van der Waals surface area (Å²) >= 11 is 3.43. The molecule has 0 saturated heterocycles. The molecule has 0 spiro atoms. The first kappa shape index (κ1) is 14.8. The Morgan fingerprint density at radius 2 is 1.83 bits per heavy atom. The first-order valence-electron chi connectivity index (χ1n) is 5.90. The van der Waals surface area contributed by atoms with Gasteiger partial charge in [-0.15, -0.1) is 0 Å². The van der Waals surface area contributed by atoms with E-state index in [0.717, 1.165) is 21.0 Å². The minimum atomic E-state index is -0.124. The van der Waals surface area contributed by atoms with Gasteiger partial charge in [-0.2, -0.15) is 0 Å². The van der Waals surface area contributed by atoms with E-state index in [0.29, 0.717) is 5.76 Å². The number of hydrogen-bond donors (Lipinski definition) is 0. The van der Waals surface area contributed by atoms with E-state index in [-0.39, 0.29) is 5.91 Å². The van der Waals surface area contributed by atoms with E-state index in [9.17, 15) is 4.79 Å². The van der Waals surface area contributed by atoms with Crippen molar-refractivity contribution in [2.24, 2.45) is 0 Å². The number of rotatable bonds is 1. The monoisotopic (exact) mass is 311 g/mol. The van der Waals surface area contributed by atoms with Crippen LogP contribution in [0.4, 0.5) is 0 Å². The van der Waals surface area contributed by atoms with Crippen LogP contribution in [0.1, 0.15) is 30.0 Å². The summed E-state index contributed by atoms with van der Waals surface area (Å²) < 4.78 is 6.41. The second-order valence-electron chi connectivity index (χ2n) is 3.98. The minimum Gasteiger partial charge on any atom is -0.450 e. The summed E-state index contributed by atoms with van der Waals surface area (Å²) in [7, 11) is 3.41. The minimum absolute atomic E-state index is 0.124. The number of nitrogens with zero attached hydrogens (tertiary/aromatic N) is 1. The van der Waals surface area contributed by atoms with Crippen LogP contribution in [0.25, 0.3) is 11.0 Å². The Hall–Kier alpha value is -1.29. The standard InChI is InChI=1S/C12H12BrNO2.C2H6/c1-7-4-8-6-10(12(15)14(2)3)16-11(8)9(13)5-7;1-2/h4-6H,1-3H3;1-2H3. The van der Waals surface area contributed by atoms with Crippen molar-refractivity contribution in [3.8, 4) is 0 Å². The lowest BCUT2D eigenvalue weighted by molar-refractivity contribution is 0.0799. The third-order valence-electron chi connectivity index (χ3n) is 2.33. The number of carbonyl (C=O) groups is 1. The van der Waals surface area contributed by atoms with E-state index < -0.39 is 0 Å². The molecule has 0 N–H and O–H groups in total. The van der Waals surface area contributed by atoms with Gasteiger partial charge in [0.05, 0.1) is 4.47 Å². The van der Waals surface area contributed by atoms with Crippen LogP contribution in [-0.4, -0.2) is 24.9 Å². The second kappa shape index (κ2) is 6.05. The van der Waals surface area contributed by atoms with Crippen molar-refractivity contribution in [1.29, 1.82) is 0 Å². The SMILES string of the molecule is CC.Cc1cc(Br)c2oc(C(=O)N(C)C)cc2c1. The summed E-state index contributed by atoms with van der Waals surface area (Å²) in [5, 5.41) is 0.942. The Balaban J connectivity index is 0.000000771. The molecule has 98 valence electrons. The third-order valence-corrected chi connectivity index (χ3v) is 2.92. The second-order valence-corrected chi connectivity index (χ2v) is 4.83. The molecule has 0 atom stereocenters. The number of furan rings is 1. The van der Waals surface area contributed by atoms with Gasteiger partial charge in [0, 0.05) is 19.5 Å². The Labute approximate surface area is 116 Å². The molecule has 2 rings (SSSR count). The Morgan fingerprint density at radius 1 is 1.22 bits per heavy atom. The highest BCUT2D eigenvalue weighted by Gasteiger charge is 2.15. The zero-order valence-electron chi connectivity index (χ0n) is 11.4. The van der Waals surface area contributed by atoms with Crippen molar-refractivity contribution >= 4 is 32.8 Å². The zero-order valence-corrected chi connectivity index (χ0v) is 13.0. The number of halogens is 1. The molecule has 2 aromatic rings. The highest BCUT2D eigenvalue weighted by Crippen LogP contribution is 2.28. The number of benzene rings is 1. The molecule has 0 saturated carbocycles. The molecular formula is C14H18BrNO2. The molecule has 0 unspecified atom stereocenters. The zero-order chi connectivity index (χ0) is 13.9. The number of carbonyl (C=O) groups excluding carboxylic acids is 1. The van der Waals surface area contributed by atoms with Crippen LogP contribution in [0.5, 0.6) is 0 Å². The first-order chi connectivity index (χ1) is 8.49. The lowest BCUT2D eigenvalue weighted by atomic mass is 10.2. The quantitative estimate of drug-likeness (QED) is 0.789. The number of amides is 1. The number of fused-ring (bicyclic) bond motifs is 1. The fourth-order valence-electron chi connectivity index (χ4n) is 1.58. The fraction of sp³-hybridized carbons (Fsp3) is 0.357. The lowest BCUT2D eigenvalue weighted by Gasteiger charge is -2.06. The van der Waals surface area contributed by atoms with E-state index in [1.165, 1.54) is 4.90 Å². The molecule has 1 aromatic heterocycles. The largest absolute Gasteiger partial charge is 0.450 e. The molecule has 3 nitrogen and oxygen atoms in total.